The first kappa shape index (κ1) is 16.0. The molecule has 1 N–H and O–H groups in total. The number of rotatable bonds is 5. The quantitative estimate of drug-likeness (QED) is 0.846. The van der Waals surface area contributed by atoms with Gasteiger partial charge in [0.25, 0.3) is 5.91 Å². The van der Waals surface area contributed by atoms with E-state index in [9.17, 15) is 4.79 Å². The third-order valence-electron chi connectivity index (χ3n) is 4.69. The number of nitrogens with one attached hydrogen (secondary N) is 1. The molecule has 2 heterocycles. The molecule has 1 fully saturated rings. The van der Waals surface area contributed by atoms with Crippen molar-refractivity contribution in [2.45, 2.75) is 32.6 Å². The summed E-state index contributed by atoms with van der Waals surface area (Å²) in [4.78, 5) is 16.2. The van der Waals surface area contributed by atoms with Crippen LogP contribution < -0.4 is 5.32 Å². The highest BCUT2D eigenvalue weighted by atomic mass is 32.1. The summed E-state index contributed by atoms with van der Waals surface area (Å²) in [5, 5.41) is 5.15. The Labute approximate surface area is 136 Å². The molecule has 1 saturated heterocycles. The van der Waals surface area contributed by atoms with Crippen molar-refractivity contribution in [2.75, 3.05) is 39.4 Å². The minimum atomic E-state index is 0.119. The van der Waals surface area contributed by atoms with E-state index in [2.05, 4.69) is 22.5 Å². The molecule has 1 aliphatic carbocycles. The SMILES string of the molecule is C[C@H]1CCc2c(C(=O)NCCCN3CCOCC3)csc2C1. The van der Waals surface area contributed by atoms with Crippen molar-refractivity contribution in [1.82, 2.24) is 10.2 Å². The van der Waals surface area contributed by atoms with Crippen molar-refractivity contribution < 1.29 is 9.53 Å². The van der Waals surface area contributed by atoms with Crippen LogP contribution in [0, 0.1) is 5.92 Å². The predicted octanol–water partition coefficient (Wildman–Crippen LogP) is 2.33. The lowest BCUT2D eigenvalue weighted by Gasteiger charge is -2.26. The van der Waals surface area contributed by atoms with Gasteiger partial charge in [-0.3, -0.25) is 9.69 Å². The van der Waals surface area contributed by atoms with Crippen LogP contribution in [-0.2, 0) is 17.6 Å². The minimum absolute atomic E-state index is 0.119. The van der Waals surface area contributed by atoms with Crippen molar-refractivity contribution in [3.63, 3.8) is 0 Å². The first-order valence-electron chi connectivity index (χ1n) is 8.41. The molecule has 1 atom stereocenters. The molecule has 22 heavy (non-hydrogen) atoms. The molecule has 0 aromatic carbocycles. The van der Waals surface area contributed by atoms with E-state index in [4.69, 9.17) is 4.74 Å². The van der Waals surface area contributed by atoms with Gasteiger partial charge in [-0.1, -0.05) is 6.92 Å². The lowest BCUT2D eigenvalue weighted by Crippen LogP contribution is -2.38. The average molecular weight is 322 g/mol. The fourth-order valence-electron chi connectivity index (χ4n) is 3.29. The molecule has 1 aromatic heterocycles. The van der Waals surface area contributed by atoms with Crippen LogP contribution in [0.5, 0.6) is 0 Å². The van der Waals surface area contributed by atoms with Gasteiger partial charge in [0.1, 0.15) is 0 Å². The molecule has 5 heteroatoms. The van der Waals surface area contributed by atoms with Crippen molar-refractivity contribution in [1.29, 1.82) is 0 Å². The number of morpholine rings is 1. The number of amides is 1. The zero-order valence-corrected chi connectivity index (χ0v) is 14.2. The van der Waals surface area contributed by atoms with Gasteiger partial charge in [-0.05, 0) is 43.7 Å². The van der Waals surface area contributed by atoms with Crippen LogP contribution in [0.4, 0.5) is 0 Å². The van der Waals surface area contributed by atoms with E-state index >= 15 is 0 Å². The zero-order valence-electron chi connectivity index (χ0n) is 13.4. The maximum absolute atomic E-state index is 12.4. The number of hydrogen-bond acceptors (Lipinski definition) is 4. The van der Waals surface area contributed by atoms with Crippen LogP contribution in [0.3, 0.4) is 0 Å². The Balaban J connectivity index is 1.44. The van der Waals surface area contributed by atoms with E-state index in [1.807, 2.05) is 0 Å². The number of fused-ring (bicyclic) bond motifs is 1. The van der Waals surface area contributed by atoms with Crippen molar-refractivity contribution in [3.05, 3.63) is 21.4 Å². The van der Waals surface area contributed by atoms with E-state index < -0.39 is 0 Å². The van der Waals surface area contributed by atoms with Gasteiger partial charge in [0, 0.05) is 29.9 Å². The zero-order chi connectivity index (χ0) is 15.4. The Morgan fingerprint density at radius 3 is 3.09 bits per heavy atom. The van der Waals surface area contributed by atoms with E-state index in [0.717, 1.165) is 70.1 Å². The van der Waals surface area contributed by atoms with Gasteiger partial charge in [-0.2, -0.15) is 0 Å². The Kier molecular flexibility index (Phi) is 5.50. The molecule has 0 radical (unpaired) electrons. The topological polar surface area (TPSA) is 41.6 Å². The third-order valence-corrected chi connectivity index (χ3v) is 5.74. The molecule has 0 spiro atoms. The largest absolute Gasteiger partial charge is 0.379 e. The van der Waals surface area contributed by atoms with Gasteiger partial charge in [-0.15, -0.1) is 11.3 Å². The van der Waals surface area contributed by atoms with Crippen LogP contribution in [0.25, 0.3) is 0 Å². The average Bonchev–Trinajstić information content (AvgIpc) is 2.95. The van der Waals surface area contributed by atoms with E-state index in [-0.39, 0.29) is 5.91 Å². The smallest absolute Gasteiger partial charge is 0.252 e. The summed E-state index contributed by atoms with van der Waals surface area (Å²) in [5.74, 6) is 0.879. The standard InChI is InChI=1S/C17H26N2O2S/c1-13-3-4-14-15(12-22-16(14)11-13)17(20)18-5-2-6-19-7-9-21-10-8-19/h12-13H,2-11H2,1H3,(H,18,20)/t13-/m0/s1. The summed E-state index contributed by atoms with van der Waals surface area (Å²) >= 11 is 1.76. The molecule has 0 bridgehead atoms. The number of hydrogen-bond donors (Lipinski definition) is 1. The fourth-order valence-corrected chi connectivity index (χ4v) is 4.54. The monoisotopic (exact) mass is 322 g/mol. The first-order chi connectivity index (χ1) is 10.7. The van der Waals surface area contributed by atoms with Crippen LogP contribution in [0.15, 0.2) is 5.38 Å². The van der Waals surface area contributed by atoms with Crippen LogP contribution in [-0.4, -0.2) is 50.2 Å². The summed E-state index contributed by atoms with van der Waals surface area (Å²) in [6, 6.07) is 0. The van der Waals surface area contributed by atoms with Crippen molar-refractivity contribution >= 4 is 17.2 Å². The summed E-state index contributed by atoms with van der Waals surface area (Å²) < 4.78 is 5.34. The molecule has 4 nitrogen and oxygen atoms in total. The first-order valence-corrected chi connectivity index (χ1v) is 9.29. The molecule has 2 aliphatic rings. The maximum Gasteiger partial charge on any atom is 0.252 e. The maximum atomic E-state index is 12.4. The van der Waals surface area contributed by atoms with Gasteiger partial charge >= 0.3 is 0 Å². The highest BCUT2D eigenvalue weighted by molar-refractivity contribution is 7.10. The van der Waals surface area contributed by atoms with Gasteiger partial charge < -0.3 is 10.1 Å². The predicted molar refractivity (Wildman–Crippen MR) is 89.7 cm³/mol. The molecular weight excluding hydrogens is 296 g/mol. The normalized spacial score (nSPS) is 22.3. The third kappa shape index (κ3) is 3.89. The number of carbonyl (C=O) groups excluding carboxylic acids is 1. The van der Waals surface area contributed by atoms with E-state index in [1.54, 1.807) is 11.3 Å². The van der Waals surface area contributed by atoms with Crippen LogP contribution in [0.2, 0.25) is 0 Å². The molecule has 122 valence electrons. The van der Waals surface area contributed by atoms with E-state index in [0.29, 0.717) is 0 Å². The summed E-state index contributed by atoms with van der Waals surface area (Å²) in [6.45, 7) is 7.82. The molecule has 3 rings (SSSR count). The fraction of sp³-hybridized carbons (Fsp3) is 0.706. The van der Waals surface area contributed by atoms with Crippen LogP contribution in [0.1, 0.15) is 40.6 Å². The lowest BCUT2D eigenvalue weighted by atomic mass is 9.88. The Morgan fingerprint density at radius 1 is 1.45 bits per heavy atom. The molecule has 0 unspecified atom stereocenters. The number of nitrogens with zero attached hydrogens (tertiary/aromatic N) is 1. The second-order valence-corrected chi connectivity index (χ2v) is 7.43. The van der Waals surface area contributed by atoms with Gasteiger partial charge in [-0.25, -0.2) is 0 Å². The highest BCUT2D eigenvalue weighted by Crippen LogP contribution is 2.32. The Bertz CT molecular complexity index is 509. The van der Waals surface area contributed by atoms with Gasteiger partial charge in [0.15, 0.2) is 0 Å². The molecule has 0 saturated carbocycles. The second-order valence-electron chi connectivity index (χ2n) is 6.46. The summed E-state index contributed by atoms with van der Waals surface area (Å²) in [5.41, 5.74) is 2.24. The molecule has 1 amide bonds. The van der Waals surface area contributed by atoms with Gasteiger partial charge in [0.05, 0.1) is 18.8 Å². The number of thiophene rings is 1. The highest BCUT2D eigenvalue weighted by Gasteiger charge is 2.22. The molecular formula is C17H26N2O2S. The molecule has 1 aromatic rings. The minimum Gasteiger partial charge on any atom is -0.379 e. The number of carbonyl (C=O) groups is 1. The summed E-state index contributed by atoms with van der Waals surface area (Å²) in [7, 11) is 0. The second kappa shape index (κ2) is 7.57. The van der Waals surface area contributed by atoms with Crippen molar-refractivity contribution in [3.8, 4) is 0 Å². The number of ether oxygens (including phenoxy) is 1. The lowest BCUT2D eigenvalue weighted by molar-refractivity contribution is 0.0374. The van der Waals surface area contributed by atoms with E-state index in [1.165, 1.54) is 16.9 Å². The Hall–Kier alpha value is -0.910. The summed E-state index contributed by atoms with van der Waals surface area (Å²) in [6.07, 6.45) is 4.43. The Morgan fingerprint density at radius 2 is 2.27 bits per heavy atom. The molecule has 1 aliphatic heterocycles. The van der Waals surface area contributed by atoms with Gasteiger partial charge in [0.2, 0.25) is 0 Å². The van der Waals surface area contributed by atoms with Crippen LogP contribution >= 0.6 is 11.3 Å². The van der Waals surface area contributed by atoms with Crippen molar-refractivity contribution in [2.24, 2.45) is 5.92 Å².